The molecule has 0 aromatic heterocycles. The molecule has 0 rings (SSSR count). The Morgan fingerprint density at radius 2 is 2.06 bits per heavy atom. The molecule has 0 aliphatic carbocycles. The standard InChI is InChI=1S/C9H15F3N2OS/c1-7(3-4-16(2)15)14-6-8(5-13)9(10,11)12/h7-8,14H,3-4,6H2,1-2H3. The average molecular weight is 256 g/mol. The van der Waals surface area contributed by atoms with Crippen molar-refractivity contribution in [3.63, 3.8) is 0 Å². The normalized spacial score (nSPS) is 17.5. The summed E-state index contributed by atoms with van der Waals surface area (Å²) in [6, 6.07) is 1.04. The molecule has 3 unspecified atom stereocenters. The minimum atomic E-state index is -4.49. The van der Waals surface area contributed by atoms with Gasteiger partial charge in [-0.25, -0.2) is 0 Å². The van der Waals surface area contributed by atoms with Crippen molar-refractivity contribution >= 4 is 10.8 Å². The molecule has 16 heavy (non-hydrogen) atoms. The van der Waals surface area contributed by atoms with Crippen LogP contribution in [0.25, 0.3) is 0 Å². The lowest BCUT2D eigenvalue weighted by Gasteiger charge is -2.17. The van der Waals surface area contributed by atoms with Crippen molar-refractivity contribution in [3.05, 3.63) is 0 Å². The SMILES string of the molecule is CC(CCS(C)=O)NCC(C#N)C(F)(F)F. The first-order chi connectivity index (χ1) is 7.27. The lowest BCUT2D eigenvalue weighted by atomic mass is 10.1. The van der Waals surface area contributed by atoms with E-state index in [4.69, 9.17) is 5.26 Å². The van der Waals surface area contributed by atoms with Gasteiger partial charge in [0.15, 0.2) is 5.92 Å². The van der Waals surface area contributed by atoms with Gasteiger partial charge in [0, 0.05) is 35.4 Å². The molecule has 0 aromatic carbocycles. The van der Waals surface area contributed by atoms with E-state index in [-0.39, 0.29) is 6.04 Å². The predicted molar refractivity (Wildman–Crippen MR) is 56.2 cm³/mol. The molecule has 0 spiro atoms. The molecule has 0 aromatic rings. The summed E-state index contributed by atoms with van der Waals surface area (Å²) >= 11 is 0. The number of hydrogen-bond acceptors (Lipinski definition) is 3. The largest absolute Gasteiger partial charge is 0.405 e. The monoisotopic (exact) mass is 256 g/mol. The summed E-state index contributed by atoms with van der Waals surface area (Å²) in [7, 11) is -0.947. The highest BCUT2D eigenvalue weighted by molar-refractivity contribution is 7.84. The van der Waals surface area contributed by atoms with Crippen LogP contribution in [0.5, 0.6) is 0 Å². The van der Waals surface area contributed by atoms with Crippen molar-refractivity contribution in [3.8, 4) is 6.07 Å². The van der Waals surface area contributed by atoms with Crippen LogP contribution in [-0.2, 0) is 10.8 Å². The molecule has 0 radical (unpaired) electrons. The van der Waals surface area contributed by atoms with E-state index in [2.05, 4.69) is 5.32 Å². The summed E-state index contributed by atoms with van der Waals surface area (Å²) < 4.78 is 47.3. The number of nitrogens with zero attached hydrogens (tertiary/aromatic N) is 1. The fraction of sp³-hybridized carbons (Fsp3) is 0.889. The number of halogens is 3. The summed E-state index contributed by atoms with van der Waals surface area (Å²) in [4.78, 5) is 0. The van der Waals surface area contributed by atoms with E-state index in [1.807, 2.05) is 0 Å². The molecular formula is C9H15F3N2OS. The zero-order chi connectivity index (χ0) is 12.8. The zero-order valence-corrected chi connectivity index (χ0v) is 9.99. The predicted octanol–water partition coefficient (Wildman–Crippen LogP) is 1.44. The second kappa shape index (κ2) is 6.86. The van der Waals surface area contributed by atoms with Gasteiger partial charge in [0.2, 0.25) is 0 Å². The first-order valence-electron chi connectivity index (χ1n) is 4.77. The van der Waals surface area contributed by atoms with E-state index in [0.717, 1.165) is 0 Å². The lowest BCUT2D eigenvalue weighted by Crippen LogP contribution is -2.37. The smallest absolute Gasteiger partial charge is 0.313 e. The Bertz CT molecular complexity index is 275. The van der Waals surface area contributed by atoms with Crippen LogP contribution < -0.4 is 5.32 Å². The molecule has 3 nitrogen and oxygen atoms in total. The van der Waals surface area contributed by atoms with Crippen molar-refractivity contribution < 1.29 is 17.4 Å². The van der Waals surface area contributed by atoms with E-state index in [0.29, 0.717) is 12.2 Å². The van der Waals surface area contributed by atoms with Crippen LogP contribution in [0.4, 0.5) is 13.2 Å². The van der Waals surface area contributed by atoms with E-state index >= 15 is 0 Å². The molecule has 1 N–H and O–H groups in total. The summed E-state index contributed by atoms with van der Waals surface area (Å²) in [6.45, 7) is 1.29. The minimum absolute atomic E-state index is 0.179. The van der Waals surface area contributed by atoms with Crippen LogP contribution in [0.1, 0.15) is 13.3 Å². The zero-order valence-electron chi connectivity index (χ0n) is 9.17. The van der Waals surface area contributed by atoms with Gasteiger partial charge in [-0.15, -0.1) is 0 Å². The molecular weight excluding hydrogens is 241 g/mol. The van der Waals surface area contributed by atoms with Gasteiger partial charge in [-0.05, 0) is 13.3 Å². The van der Waals surface area contributed by atoms with E-state index in [1.54, 1.807) is 13.2 Å². The Hall–Kier alpha value is -0.610. The fourth-order valence-corrected chi connectivity index (χ4v) is 1.68. The maximum Gasteiger partial charge on any atom is 0.405 e. The van der Waals surface area contributed by atoms with Crippen molar-refractivity contribution in [1.29, 1.82) is 5.26 Å². The number of nitrogens with one attached hydrogen (secondary N) is 1. The summed E-state index contributed by atoms with van der Waals surface area (Å²) in [6.07, 6.45) is -2.42. The Morgan fingerprint density at radius 3 is 2.44 bits per heavy atom. The molecule has 0 saturated heterocycles. The molecule has 0 amide bonds. The maximum absolute atomic E-state index is 12.2. The fourth-order valence-electron chi connectivity index (χ4n) is 0.998. The second-order valence-corrected chi connectivity index (χ2v) is 5.15. The quantitative estimate of drug-likeness (QED) is 0.782. The number of alkyl halides is 3. The topological polar surface area (TPSA) is 52.9 Å². The molecule has 0 fully saturated rings. The number of hydrogen-bond donors (Lipinski definition) is 1. The van der Waals surface area contributed by atoms with E-state index in [1.165, 1.54) is 6.07 Å². The van der Waals surface area contributed by atoms with Crippen LogP contribution in [0.2, 0.25) is 0 Å². The molecule has 0 bridgehead atoms. The van der Waals surface area contributed by atoms with Gasteiger partial charge in [-0.2, -0.15) is 18.4 Å². The summed E-state index contributed by atoms with van der Waals surface area (Å²) in [5.41, 5.74) is 0. The van der Waals surface area contributed by atoms with Crippen LogP contribution in [0.15, 0.2) is 0 Å². The highest BCUT2D eigenvalue weighted by Crippen LogP contribution is 2.24. The molecule has 0 aliphatic heterocycles. The van der Waals surface area contributed by atoms with Crippen molar-refractivity contribution in [1.82, 2.24) is 5.32 Å². The number of nitriles is 1. The molecule has 0 heterocycles. The lowest BCUT2D eigenvalue weighted by molar-refractivity contribution is -0.157. The number of rotatable bonds is 6. The molecule has 7 heteroatoms. The Morgan fingerprint density at radius 1 is 1.50 bits per heavy atom. The van der Waals surface area contributed by atoms with Crippen LogP contribution in [0, 0.1) is 17.2 Å². The molecule has 0 saturated carbocycles. The van der Waals surface area contributed by atoms with Gasteiger partial charge in [-0.3, -0.25) is 4.21 Å². The highest BCUT2D eigenvalue weighted by atomic mass is 32.2. The Balaban J connectivity index is 3.95. The van der Waals surface area contributed by atoms with Crippen molar-refractivity contribution in [2.75, 3.05) is 18.6 Å². The van der Waals surface area contributed by atoms with Gasteiger partial charge >= 0.3 is 6.18 Å². The maximum atomic E-state index is 12.2. The van der Waals surface area contributed by atoms with Gasteiger partial charge in [0.1, 0.15) is 0 Å². The van der Waals surface area contributed by atoms with E-state index < -0.39 is 29.4 Å². The van der Waals surface area contributed by atoms with Crippen molar-refractivity contribution in [2.45, 2.75) is 25.6 Å². The molecule has 0 aliphatic rings. The average Bonchev–Trinajstić information content (AvgIpc) is 2.13. The van der Waals surface area contributed by atoms with E-state index in [9.17, 15) is 17.4 Å². The molecule has 3 atom stereocenters. The summed E-state index contributed by atoms with van der Waals surface area (Å²) in [5, 5.41) is 11.0. The van der Waals surface area contributed by atoms with Gasteiger partial charge in [-0.1, -0.05) is 0 Å². The van der Waals surface area contributed by atoms with Crippen LogP contribution in [-0.4, -0.2) is 35.0 Å². The Kier molecular flexibility index (Phi) is 6.60. The van der Waals surface area contributed by atoms with Crippen LogP contribution >= 0.6 is 0 Å². The van der Waals surface area contributed by atoms with Gasteiger partial charge in [0.05, 0.1) is 6.07 Å². The van der Waals surface area contributed by atoms with Gasteiger partial charge in [0.25, 0.3) is 0 Å². The third kappa shape index (κ3) is 6.80. The first kappa shape index (κ1) is 15.4. The van der Waals surface area contributed by atoms with Gasteiger partial charge < -0.3 is 5.32 Å². The second-order valence-electron chi connectivity index (χ2n) is 3.60. The highest BCUT2D eigenvalue weighted by Gasteiger charge is 2.39. The summed E-state index contributed by atoms with van der Waals surface area (Å²) in [5.74, 6) is -1.54. The van der Waals surface area contributed by atoms with Crippen molar-refractivity contribution in [2.24, 2.45) is 5.92 Å². The first-order valence-corrected chi connectivity index (χ1v) is 6.49. The Labute approximate surface area is 95.5 Å². The molecule has 94 valence electrons. The van der Waals surface area contributed by atoms with Crippen LogP contribution in [0.3, 0.4) is 0 Å². The third-order valence-electron chi connectivity index (χ3n) is 2.06. The minimum Gasteiger partial charge on any atom is -0.313 e. The third-order valence-corrected chi connectivity index (χ3v) is 2.87.